The van der Waals surface area contributed by atoms with E-state index >= 15 is 0 Å². The normalized spacial score (nSPS) is 17.5. The first-order valence-electron chi connectivity index (χ1n) is 11.9. The lowest BCUT2D eigenvalue weighted by Crippen LogP contribution is -2.48. The molecule has 0 saturated carbocycles. The molecule has 0 unspecified atom stereocenters. The van der Waals surface area contributed by atoms with Gasteiger partial charge in [0, 0.05) is 25.2 Å². The molecule has 2 heterocycles. The third kappa shape index (κ3) is 18.7. The zero-order valence-corrected chi connectivity index (χ0v) is 21.4. The van der Waals surface area contributed by atoms with Gasteiger partial charge in [0.15, 0.2) is 0 Å². The second-order valence-electron chi connectivity index (χ2n) is 6.97. The predicted octanol–water partition coefficient (Wildman–Crippen LogP) is 7.58. The molecule has 2 rings (SSSR count). The first kappa shape index (κ1) is 33.5. The molecule has 164 valence electrons. The third-order valence-corrected chi connectivity index (χ3v) is 4.37. The van der Waals surface area contributed by atoms with Crippen LogP contribution in [-0.2, 0) is 0 Å². The number of hydrogen-bond donors (Lipinski definition) is 0. The first-order chi connectivity index (χ1) is 12.4. The Morgan fingerprint density at radius 1 is 0.538 bits per heavy atom. The standard InChI is InChI=1S/C9H19N.C7H15N.4C2H6/c1-8(2)10-6-4-9(3)5-7-10;1-6(2)8-4-7(3)5-8;4*1-2/h8-9H,4-7H2,1-3H3;6-7H,4-5H2,1-3H3;4*1-2H3. The fourth-order valence-corrected chi connectivity index (χ4v) is 2.71. The summed E-state index contributed by atoms with van der Waals surface area (Å²) in [6.07, 6.45) is 2.80. The summed E-state index contributed by atoms with van der Waals surface area (Å²) in [4.78, 5) is 5.06. The third-order valence-electron chi connectivity index (χ3n) is 4.37. The Balaban J connectivity index is -0.000000136. The molecule has 0 N–H and O–H groups in total. The van der Waals surface area contributed by atoms with Crippen LogP contribution in [0.2, 0.25) is 0 Å². The number of hydrogen-bond acceptors (Lipinski definition) is 2. The Bertz CT molecular complexity index is 212. The van der Waals surface area contributed by atoms with E-state index in [0.717, 1.165) is 23.9 Å². The molecule has 0 atom stereocenters. The van der Waals surface area contributed by atoms with E-state index in [0.29, 0.717) is 0 Å². The Morgan fingerprint density at radius 2 is 0.846 bits per heavy atom. The summed E-state index contributed by atoms with van der Waals surface area (Å²) in [5.41, 5.74) is 0. The minimum Gasteiger partial charge on any atom is -0.301 e. The van der Waals surface area contributed by atoms with E-state index in [4.69, 9.17) is 0 Å². The van der Waals surface area contributed by atoms with E-state index in [9.17, 15) is 0 Å². The fourth-order valence-electron chi connectivity index (χ4n) is 2.71. The maximum absolute atomic E-state index is 2.57. The van der Waals surface area contributed by atoms with E-state index in [1.165, 1.54) is 39.0 Å². The van der Waals surface area contributed by atoms with Gasteiger partial charge in [-0.1, -0.05) is 69.2 Å². The molecule has 0 aromatic heterocycles. The van der Waals surface area contributed by atoms with Crippen LogP contribution in [0.5, 0.6) is 0 Å². The molecular formula is C24H58N2. The van der Waals surface area contributed by atoms with Crippen molar-refractivity contribution in [2.24, 2.45) is 11.8 Å². The monoisotopic (exact) mass is 374 g/mol. The van der Waals surface area contributed by atoms with Gasteiger partial charge in [-0.05, 0) is 65.5 Å². The van der Waals surface area contributed by atoms with Crippen LogP contribution in [0.1, 0.15) is 110 Å². The molecular weight excluding hydrogens is 316 g/mol. The average Bonchev–Trinajstić information content (AvgIpc) is 2.66. The summed E-state index contributed by atoms with van der Waals surface area (Å²) in [6, 6.07) is 1.53. The molecule has 2 aliphatic rings. The smallest absolute Gasteiger partial charge is 0.00388 e. The van der Waals surface area contributed by atoms with Crippen LogP contribution in [0, 0.1) is 11.8 Å². The van der Waals surface area contributed by atoms with E-state index in [2.05, 4.69) is 51.3 Å². The molecule has 0 amide bonds. The largest absolute Gasteiger partial charge is 0.301 e. The summed E-state index contributed by atoms with van der Waals surface area (Å²) in [5, 5.41) is 0. The van der Waals surface area contributed by atoms with E-state index < -0.39 is 0 Å². The highest BCUT2D eigenvalue weighted by atomic mass is 15.2. The minimum absolute atomic E-state index is 0.757. The van der Waals surface area contributed by atoms with Gasteiger partial charge in [0.1, 0.15) is 0 Å². The van der Waals surface area contributed by atoms with Gasteiger partial charge in [0.2, 0.25) is 0 Å². The number of nitrogens with zero attached hydrogens (tertiary/aromatic N) is 2. The van der Waals surface area contributed by atoms with Gasteiger partial charge in [-0.2, -0.15) is 0 Å². The summed E-state index contributed by atoms with van der Waals surface area (Å²) in [7, 11) is 0. The Labute approximate surface area is 170 Å². The molecule has 26 heavy (non-hydrogen) atoms. The van der Waals surface area contributed by atoms with E-state index in [1.54, 1.807) is 0 Å². The van der Waals surface area contributed by atoms with Gasteiger partial charge in [0.05, 0.1) is 0 Å². The van der Waals surface area contributed by atoms with Crippen molar-refractivity contribution in [3.63, 3.8) is 0 Å². The number of rotatable bonds is 2. The Kier molecular flexibility index (Phi) is 32.1. The van der Waals surface area contributed by atoms with Crippen molar-refractivity contribution in [2.75, 3.05) is 26.2 Å². The van der Waals surface area contributed by atoms with Crippen molar-refractivity contribution in [3.8, 4) is 0 Å². The highest BCUT2D eigenvalue weighted by Crippen LogP contribution is 2.17. The maximum Gasteiger partial charge on any atom is 0.00388 e. The second-order valence-corrected chi connectivity index (χ2v) is 6.97. The first-order valence-corrected chi connectivity index (χ1v) is 11.9. The molecule has 0 aromatic rings. The molecule has 0 aliphatic carbocycles. The summed E-state index contributed by atoms with van der Waals surface area (Å²) in [6.45, 7) is 35.0. The zero-order chi connectivity index (χ0) is 21.7. The molecule has 0 spiro atoms. The van der Waals surface area contributed by atoms with Crippen LogP contribution >= 0.6 is 0 Å². The summed E-state index contributed by atoms with van der Waals surface area (Å²) in [5.74, 6) is 1.92. The van der Waals surface area contributed by atoms with Crippen molar-refractivity contribution in [3.05, 3.63) is 0 Å². The van der Waals surface area contributed by atoms with Crippen LogP contribution in [0.3, 0.4) is 0 Å². The van der Waals surface area contributed by atoms with Crippen LogP contribution in [-0.4, -0.2) is 48.1 Å². The fraction of sp³-hybridized carbons (Fsp3) is 1.00. The molecule has 0 aromatic carbocycles. The van der Waals surface area contributed by atoms with Gasteiger partial charge >= 0.3 is 0 Å². The highest BCUT2D eigenvalue weighted by Gasteiger charge is 2.23. The van der Waals surface area contributed by atoms with Crippen LogP contribution in [0.15, 0.2) is 0 Å². The minimum atomic E-state index is 0.757. The van der Waals surface area contributed by atoms with Crippen molar-refractivity contribution in [1.29, 1.82) is 0 Å². The van der Waals surface area contributed by atoms with Crippen LogP contribution < -0.4 is 0 Å². The molecule has 0 bridgehead atoms. The predicted molar refractivity (Wildman–Crippen MR) is 126 cm³/mol. The summed E-state index contributed by atoms with van der Waals surface area (Å²) >= 11 is 0. The van der Waals surface area contributed by atoms with Crippen molar-refractivity contribution in [1.82, 2.24) is 9.80 Å². The molecule has 0 radical (unpaired) electrons. The molecule has 2 aliphatic heterocycles. The van der Waals surface area contributed by atoms with Gasteiger partial charge in [-0.25, -0.2) is 0 Å². The zero-order valence-electron chi connectivity index (χ0n) is 21.4. The van der Waals surface area contributed by atoms with Crippen LogP contribution in [0.25, 0.3) is 0 Å². The van der Waals surface area contributed by atoms with Crippen molar-refractivity contribution < 1.29 is 0 Å². The van der Waals surface area contributed by atoms with Gasteiger partial charge in [-0.15, -0.1) is 0 Å². The summed E-state index contributed by atoms with van der Waals surface area (Å²) < 4.78 is 0. The average molecular weight is 375 g/mol. The molecule has 2 fully saturated rings. The van der Waals surface area contributed by atoms with Crippen LogP contribution in [0.4, 0.5) is 0 Å². The van der Waals surface area contributed by atoms with Crippen molar-refractivity contribution >= 4 is 0 Å². The van der Waals surface area contributed by atoms with E-state index in [-0.39, 0.29) is 0 Å². The van der Waals surface area contributed by atoms with Gasteiger partial charge in [0.25, 0.3) is 0 Å². The number of piperidine rings is 1. The lowest BCUT2D eigenvalue weighted by atomic mass is 9.98. The Morgan fingerprint density at radius 3 is 1.04 bits per heavy atom. The maximum atomic E-state index is 2.57. The molecule has 2 nitrogen and oxygen atoms in total. The quantitative estimate of drug-likeness (QED) is 0.491. The molecule has 2 heteroatoms. The lowest BCUT2D eigenvalue weighted by molar-refractivity contribution is 0.0787. The second kappa shape index (κ2) is 24.9. The lowest BCUT2D eigenvalue weighted by Gasteiger charge is -2.40. The van der Waals surface area contributed by atoms with Gasteiger partial charge in [-0.3, -0.25) is 0 Å². The van der Waals surface area contributed by atoms with Gasteiger partial charge < -0.3 is 9.80 Å². The van der Waals surface area contributed by atoms with E-state index in [1.807, 2.05) is 55.4 Å². The molecule has 2 saturated heterocycles. The Hall–Kier alpha value is -0.0800. The highest BCUT2D eigenvalue weighted by molar-refractivity contribution is 4.78. The number of likely N-dealkylation sites (tertiary alicyclic amines) is 2. The van der Waals surface area contributed by atoms with Crippen molar-refractivity contribution in [2.45, 2.75) is 122 Å². The topological polar surface area (TPSA) is 6.48 Å². The SMILES string of the molecule is CC.CC.CC.CC.CC1CCN(C(C)C)CC1.CC1CN(C(C)C)C1.